The summed E-state index contributed by atoms with van der Waals surface area (Å²) in [6, 6.07) is 0. The summed E-state index contributed by atoms with van der Waals surface area (Å²) in [5, 5.41) is 0. The van der Waals surface area contributed by atoms with Crippen molar-refractivity contribution in [1.82, 2.24) is 4.90 Å². The molecule has 61 valence electrons. The van der Waals surface area contributed by atoms with Gasteiger partial charge in [0, 0.05) is 45.8 Å². The molecule has 0 saturated carbocycles. The Labute approximate surface area is 91.3 Å². The van der Waals surface area contributed by atoms with Crippen molar-refractivity contribution < 1.29 is 42.2 Å². The fraction of sp³-hybridized carbons (Fsp3) is 0.833. The molecule has 1 amide bonds. The minimum atomic E-state index is -0.139. The molecule has 11 heavy (non-hydrogen) atoms. The molecule has 1 aliphatic heterocycles. The Bertz CT molecular complexity index is 126. The van der Waals surface area contributed by atoms with Crippen molar-refractivity contribution in [3.63, 3.8) is 0 Å². The summed E-state index contributed by atoms with van der Waals surface area (Å²) in [4.78, 5) is 12.5. The van der Waals surface area contributed by atoms with Gasteiger partial charge >= 0.3 is 0 Å². The van der Waals surface area contributed by atoms with Gasteiger partial charge in [0.2, 0.25) is 5.91 Å². The van der Waals surface area contributed by atoms with Crippen LogP contribution in [0.4, 0.5) is 0 Å². The van der Waals surface area contributed by atoms with E-state index in [-0.39, 0.29) is 45.2 Å². The third kappa shape index (κ3) is 3.60. The number of nitrogens with one attached hydrogen (secondary N) is 1. The largest absolute Gasteiger partial charge is 0.670 e. The molecule has 1 N–H and O–H groups in total. The van der Waals surface area contributed by atoms with Crippen LogP contribution in [0.15, 0.2) is 0 Å². The molecule has 0 unspecified atom stereocenters. The Morgan fingerprint density at radius 3 is 2.45 bits per heavy atom. The van der Waals surface area contributed by atoms with Crippen LogP contribution in [0, 0.1) is 0 Å². The summed E-state index contributed by atoms with van der Waals surface area (Å²) >= 11 is 0. The molecule has 0 bridgehead atoms. The maximum absolute atomic E-state index is 10.8. The third-order valence-corrected chi connectivity index (χ3v) is 1.52. The second kappa shape index (κ2) is 6.06. The molecule has 0 spiro atoms. The van der Waals surface area contributed by atoms with Crippen molar-refractivity contribution in [1.29, 1.82) is 0 Å². The molecule has 0 atom stereocenters. The van der Waals surface area contributed by atoms with Crippen molar-refractivity contribution in [2.45, 2.75) is 0 Å². The van der Waals surface area contributed by atoms with Crippen molar-refractivity contribution in [2.75, 3.05) is 32.8 Å². The minimum absolute atomic E-state index is 0. The van der Waals surface area contributed by atoms with E-state index in [1.54, 1.807) is 4.90 Å². The molecule has 5 heteroatoms. The SMILES string of the molecule is [NH-]CC(=O)N1CCOCC1.[Y]. The van der Waals surface area contributed by atoms with Crippen LogP contribution in [0.3, 0.4) is 0 Å². The van der Waals surface area contributed by atoms with Gasteiger partial charge < -0.3 is 15.4 Å². The average molecular weight is 232 g/mol. The monoisotopic (exact) mass is 232 g/mol. The number of carbonyl (C=O) groups is 1. The van der Waals surface area contributed by atoms with Crippen LogP contribution in [-0.2, 0) is 42.2 Å². The molecule has 4 nitrogen and oxygen atoms in total. The molecule has 1 fully saturated rings. The summed E-state index contributed by atoms with van der Waals surface area (Å²) in [7, 11) is 0. The number of nitrogens with zero attached hydrogens (tertiary/aromatic N) is 1. The molecule has 1 radical (unpaired) electrons. The van der Waals surface area contributed by atoms with E-state index in [0.717, 1.165) is 0 Å². The molecule has 1 saturated heterocycles. The van der Waals surface area contributed by atoms with Gasteiger partial charge in [0.25, 0.3) is 0 Å². The first-order chi connectivity index (χ1) is 4.84. The summed E-state index contributed by atoms with van der Waals surface area (Å²) < 4.78 is 5.04. The molecule has 0 aromatic rings. The van der Waals surface area contributed by atoms with Gasteiger partial charge in [-0.05, 0) is 0 Å². The van der Waals surface area contributed by atoms with E-state index in [9.17, 15) is 4.79 Å². The molecule has 1 aliphatic rings. The number of ether oxygens (including phenoxy) is 1. The Hall–Kier alpha value is 0.494. The number of hydrogen-bond donors (Lipinski definition) is 0. The second-order valence-corrected chi connectivity index (χ2v) is 2.17. The van der Waals surface area contributed by atoms with Crippen LogP contribution in [0.25, 0.3) is 5.73 Å². The van der Waals surface area contributed by atoms with Gasteiger partial charge in [0.15, 0.2) is 0 Å². The molecule has 0 aromatic carbocycles. The van der Waals surface area contributed by atoms with Crippen LogP contribution in [0.2, 0.25) is 0 Å². The Balaban J connectivity index is 0.000001000. The van der Waals surface area contributed by atoms with E-state index in [0.29, 0.717) is 26.3 Å². The van der Waals surface area contributed by atoms with Gasteiger partial charge in [0.05, 0.1) is 13.2 Å². The van der Waals surface area contributed by atoms with Crippen molar-refractivity contribution in [3.05, 3.63) is 5.73 Å². The first-order valence-corrected chi connectivity index (χ1v) is 3.34. The maximum atomic E-state index is 10.8. The van der Waals surface area contributed by atoms with Crippen LogP contribution < -0.4 is 0 Å². The van der Waals surface area contributed by atoms with Gasteiger partial charge in [-0.3, -0.25) is 4.79 Å². The first kappa shape index (κ1) is 11.5. The number of rotatable bonds is 1. The van der Waals surface area contributed by atoms with Gasteiger partial charge in [0.1, 0.15) is 0 Å². The summed E-state index contributed by atoms with van der Waals surface area (Å²) in [6.07, 6.45) is 0. The molecular formula is C6H11N2O2Y-. The van der Waals surface area contributed by atoms with Gasteiger partial charge in [-0.1, -0.05) is 6.54 Å². The van der Waals surface area contributed by atoms with Gasteiger partial charge in [-0.25, -0.2) is 0 Å². The average Bonchev–Trinajstić information content (AvgIpc) is 2.05. The van der Waals surface area contributed by atoms with E-state index in [2.05, 4.69) is 0 Å². The zero-order valence-electron chi connectivity index (χ0n) is 6.38. The van der Waals surface area contributed by atoms with Crippen LogP contribution in [0.1, 0.15) is 0 Å². The third-order valence-electron chi connectivity index (χ3n) is 1.52. The van der Waals surface area contributed by atoms with Crippen molar-refractivity contribution >= 4 is 5.91 Å². The van der Waals surface area contributed by atoms with E-state index < -0.39 is 0 Å². The topological polar surface area (TPSA) is 53.3 Å². The molecule has 0 aromatic heterocycles. The smallest absolute Gasteiger partial charge is 0.201 e. The zero-order valence-corrected chi connectivity index (χ0v) is 9.21. The molecule has 1 heterocycles. The number of morpholine rings is 1. The van der Waals surface area contributed by atoms with E-state index >= 15 is 0 Å². The Morgan fingerprint density at radius 2 is 2.00 bits per heavy atom. The van der Waals surface area contributed by atoms with E-state index in [1.165, 1.54) is 0 Å². The normalized spacial score (nSPS) is 17.4. The predicted octanol–water partition coefficient (Wildman–Crippen LogP) is -0.105. The van der Waals surface area contributed by atoms with E-state index in [4.69, 9.17) is 10.5 Å². The standard InChI is InChI=1S/C6H11N2O2.Y/c7-5-6(9)8-1-3-10-4-2-8;/h7H,1-5H2;/q-1;. The predicted molar refractivity (Wildman–Crippen MR) is 36.6 cm³/mol. The quantitative estimate of drug-likeness (QED) is 0.633. The molecule has 1 rings (SSSR count). The number of carbonyl (C=O) groups excluding carboxylic acids is 1. The molecular weight excluding hydrogens is 221 g/mol. The van der Waals surface area contributed by atoms with Crippen LogP contribution in [0.5, 0.6) is 0 Å². The minimum Gasteiger partial charge on any atom is -0.670 e. The first-order valence-electron chi connectivity index (χ1n) is 3.34. The Kier molecular flexibility index (Phi) is 6.33. The van der Waals surface area contributed by atoms with Gasteiger partial charge in [-0.15, -0.1) is 0 Å². The molecule has 0 aliphatic carbocycles. The zero-order chi connectivity index (χ0) is 7.40. The van der Waals surface area contributed by atoms with E-state index in [1.807, 2.05) is 0 Å². The van der Waals surface area contributed by atoms with Gasteiger partial charge in [-0.2, -0.15) is 0 Å². The fourth-order valence-electron chi connectivity index (χ4n) is 0.925. The second-order valence-electron chi connectivity index (χ2n) is 2.17. The summed E-state index contributed by atoms with van der Waals surface area (Å²) in [6.45, 7) is 2.40. The van der Waals surface area contributed by atoms with Crippen LogP contribution in [-0.4, -0.2) is 43.7 Å². The fourth-order valence-corrected chi connectivity index (χ4v) is 0.925. The van der Waals surface area contributed by atoms with Crippen molar-refractivity contribution in [3.8, 4) is 0 Å². The van der Waals surface area contributed by atoms with Crippen LogP contribution >= 0.6 is 0 Å². The van der Waals surface area contributed by atoms with Crippen molar-refractivity contribution in [2.24, 2.45) is 0 Å². The summed E-state index contributed by atoms with van der Waals surface area (Å²) in [5.74, 6) is -0.0942. The Morgan fingerprint density at radius 1 is 1.45 bits per heavy atom. The number of amides is 1. The summed E-state index contributed by atoms with van der Waals surface area (Å²) in [5.41, 5.74) is 6.81. The maximum Gasteiger partial charge on any atom is 0.201 e. The number of hydrogen-bond acceptors (Lipinski definition) is 2.